The average molecular weight is 682 g/mol. The monoisotopic (exact) mass is 682 g/mol. The summed E-state index contributed by atoms with van der Waals surface area (Å²) in [6, 6.07) is 0. The maximum absolute atomic E-state index is 5.45. The summed E-state index contributed by atoms with van der Waals surface area (Å²) in [5.74, 6) is 0. The Morgan fingerprint density at radius 3 is 0.609 bits per heavy atom. The first-order chi connectivity index (χ1) is 22.7. The number of nitrogens with zero attached hydrogens (tertiary/aromatic N) is 1. The van der Waals surface area contributed by atoms with Gasteiger partial charge in [-0.2, -0.15) is 0 Å². The zero-order valence-electron chi connectivity index (χ0n) is 32.1. The molecule has 0 aliphatic rings. The van der Waals surface area contributed by atoms with Gasteiger partial charge in [0, 0.05) is 13.1 Å². The van der Waals surface area contributed by atoms with E-state index in [0.29, 0.717) is 0 Å². The van der Waals surface area contributed by atoms with Crippen molar-refractivity contribution < 1.29 is 0 Å². The van der Waals surface area contributed by atoms with Crippen molar-refractivity contribution in [3.05, 3.63) is 0 Å². The van der Waals surface area contributed by atoms with Crippen molar-refractivity contribution in [1.82, 2.24) is 4.90 Å². The minimum Gasteiger partial charge on any atom is -0.358 e. The van der Waals surface area contributed by atoms with Gasteiger partial charge in [-0.1, -0.05) is 257 Å². The highest BCUT2D eigenvalue weighted by Gasteiger charge is 2.06. The van der Waals surface area contributed by atoms with Crippen LogP contribution in [-0.4, -0.2) is 22.3 Å². The van der Waals surface area contributed by atoms with Gasteiger partial charge in [0.25, 0.3) is 0 Å². The molecule has 0 atom stereocenters. The van der Waals surface area contributed by atoms with Crippen LogP contribution in [0, 0.1) is 0 Å². The maximum atomic E-state index is 5.45. The second kappa shape index (κ2) is 41.4. The largest absolute Gasteiger partial charge is 0.358 e. The molecule has 0 saturated heterocycles. The molecule has 0 aromatic carbocycles. The zero-order chi connectivity index (χ0) is 33.4. The molecule has 0 aliphatic carbocycles. The lowest BCUT2D eigenvalue weighted by molar-refractivity contribution is 0.394. The van der Waals surface area contributed by atoms with E-state index in [1.54, 1.807) is 0 Å². The molecule has 276 valence electrons. The molecule has 0 amide bonds. The van der Waals surface area contributed by atoms with E-state index in [-0.39, 0.29) is 0 Å². The van der Waals surface area contributed by atoms with Gasteiger partial charge in [-0.15, -0.1) is 12.6 Å². The van der Waals surface area contributed by atoms with E-state index < -0.39 is 0 Å². The zero-order valence-corrected chi connectivity index (χ0v) is 33.8. The normalized spacial score (nSPS) is 11.5. The molecule has 0 saturated carbocycles. The summed E-state index contributed by atoms with van der Waals surface area (Å²) in [7, 11) is 0. The van der Waals surface area contributed by atoms with Crippen LogP contribution in [0.3, 0.4) is 0 Å². The fourth-order valence-electron chi connectivity index (χ4n) is 7.07. The van der Waals surface area contributed by atoms with Crippen LogP contribution in [0.25, 0.3) is 0 Å². The number of unbranched alkanes of at least 4 members (excludes halogenated alkanes) is 36. The molecule has 0 spiro atoms. The van der Waals surface area contributed by atoms with E-state index in [0.717, 1.165) is 17.4 Å². The van der Waals surface area contributed by atoms with Gasteiger partial charge in [0.15, 0.2) is 0 Å². The van der Waals surface area contributed by atoms with Crippen LogP contribution in [0.5, 0.6) is 0 Å². The van der Waals surface area contributed by atoms with Crippen molar-refractivity contribution in [3.8, 4) is 0 Å². The number of hydrogen-bond acceptors (Lipinski definition) is 1. The first kappa shape index (κ1) is 46.2. The third-order valence-electron chi connectivity index (χ3n) is 10.3. The topological polar surface area (TPSA) is 3.24 Å². The fourth-order valence-corrected chi connectivity index (χ4v) is 7.45. The number of hydrogen-bond donors (Lipinski definition) is 1. The van der Waals surface area contributed by atoms with E-state index in [9.17, 15) is 0 Å². The second-order valence-electron chi connectivity index (χ2n) is 15.0. The Bertz CT molecular complexity index is 565. The molecule has 3 heteroatoms. The Balaban J connectivity index is 3.34. The predicted molar refractivity (Wildman–Crippen MR) is 220 cm³/mol. The van der Waals surface area contributed by atoms with E-state index in [1.807, 2.05) is 0 Å². The van der Waals surface area contributed by atoms with E-state index in [1.165, 1.54) is 244 Å². The lowest BCUT2D eigenvalue weighted by Crippen LogP contribution is -2.28. The molecule has 1 nitrogen and oxygen atoms in total. The van der Waals surface area contributed by atoms with Crippen molar-refractivity contribution in [3.63, 3.8) is 0 Å². The van der Waals surface area contributed by atoms with Gasteiger partial charge in [0.05, 0.1) is 0 Å². The summed E-state index contributed by atoms with van der Waals surface area (Å²) in [6.45, 7) is 6.83. The van der Waals surface area contributed by atoms with Crippen molar-refractivity contribution in [1.29, 1.82) is 0 Å². The first-order valence-corrected chi connectivity index (χ1v) is 22.6. The predicted octanol–water partition coefficient (Wildman–Crippen LogP) is 16.4. The van der Waals surface area contributed by atoms with Gasteiger partial charge in [-0.3, -0.25) is 0 Å². The summed E-state index contributed by atoms with van der Waals surface area (Å²) in [4.78, 5) is 2.36. The minimum absolute atomic E-state index is 0.810. The van der Waals surface area contributed by atoms with Crippen molar-refractivity contribution in [2.24, 2.45) is 0 Å². The maximum Gasteiger partial charge on any atom is 0.133 e. The van der Waals surface area contributed by atoms with E-state index in [2.05, 4.69) is 31.4 Å². The molecule has 0 aliphatic heterocycles. The summed E-state index contributed by atoms with van der Waals surface area (Å²) in [5.41, 5.74) is 0. The summed E-state index contributed by atoms with van der Waals surface area (Å²) < 4.78 is 0.810. The van der Waals surface area contributed by atoms with Crippen LogP contribution in [0.15, 0.2) is 0 Å². The van der Waals surface area contributed by atoms with Crippen LogP contribution in [0.1, 0.15) is 258 Å². The van der Waals surface area contributed by atoms with Crippen LogP contribution < -0.4 is 0 Å². The Morgan fingerprint density at radius 1 is 0.304 bits per heavy atom. The van der Waals surface area contributed by atoms with Gasteiger partial charge in [0.1, 0.15) is 4.32 Å². The van der Waals surface area contributed by atoms with E-state index in [4.69, 9.17) is 12.2 Å². The third-order valence-corrected chi connectivity index (χ3v) is 10.9. The van der Waals surface area contributed by atoms with Gasteiger partial charge in [-0.25, -0.2) is 0 Å². The molecule has 0 N–H and O–H groups in total. The molecular formula is C43H87NS2. The Hall–Kier alpha value is 0.240. The molecule has 0 bridgehead atoms. The lowest BCUT2D eigenvalue weighted by atomic mass is 10.0. The number of thiol groups is 1. The summed E-state index contributed by atoms with van der Waals surface area (Å²) in [6.07, 6.45) is 54.6. The summed E-state index contributed by atoms with van der Waals surface area (Å²) in [5, 5.41) is 0. The molecule has 0 unspecified atom stereocenters. The molecule has 0 heterocycles. The van der Waals surface area contributed by atoms with Crippen LogP contribution in [-0.2, 0) is 0 Å². The van der Waals surface area contributed by atoms with Gasteiger partial charge in [-0.05, 0) is 12.8 Å². The molecule has 0 radical (unpaired) electrons. The quantitative estimate of drug-likeness (QED) is 0.0389. The highest BCUT2D eigenvalue weighted by molar-refractivity contribution is 8.10. The van der Waals surface area contributed by atoms with Crippen molar-refractivity contribution in [2.75, 3.05) is 13.1 Å². The molecule has 0 rings (SSSR count). The highest BCUT2D eigenvalue weighted by Crippen LogP contribution is 2.17. The number of thiocarbonyl (C=S) groups is 1. The Kier molecular flexibility index (Phi) is 41.6. The minimum atomic E-state index is 0.810. The van der Waals surface area contributed by atoms with Crippen molar-refractivity contribution in [2.45, 2.75) is 258 Å². The average Bonchev–Trinajstić information content (AvgIpc) is 3.05. The van der Waals surface area contributed by atoms with Crippen LogP contribution >= 0.6 is 24.8 Å². The third kappa shape index (κ3) is 38.7. The Labute approximate surface area is 303 Å². The molecule has 46 heavy (non-hydrogen) atoms. The first-order valence-electron chi connectivity index (χ1n) is 21.7. The Morgan fingerprint density at radius 2 is 0.457 bits per heavy atom. The molecule has 0 aromatic rings. The van der Waals surface area contributed by atoms with E-state index >= 15 is 0 Å². The lowest BCUT2D eigenvalue weighted by Gasteiger charge is -2.22. The van der Waals surface area contributed by atoms with Gasteiger partial charge >= 0.3 is 0 Å². The molecule has 0 aromatic heterocycles. The van der Waals surface area contributed by atoms with Gasteiger partial charge < -0.3 is 4.90 Å². The SMILES string of the molecule is CCCCCCCCCCCCCCCCCCCCCCCCN(CCCCCCCCCCCCCCCCCC)C(=S)S. The molecular weight excluding hydrogens is 595 g/mol. The van der Waals surface area contributed by atoms with Crippen LogP contribution in [0.2, 0.25) is 0 Å². The fraction of sp³-hybridized carbons (Fsp3) is 0.977. The summed E-state index contributed by atoms with van der Waals surface area (Å²) >= 11 is 9.98. The van der Waals surface area contributed by atoms with Crippen LogP contribution in [0.4, 0.5) is 0 Å². The second-order valence-corrected chi connectivity index (χ2v) is 16.1. The molecule has 0 fully saturated rings. The highest BCUT2D eigenvalue weighted by atomic mass is 32.1. The van der Waals surface area contributed by atoms with Crippen molar-refractivity contribution >= 4 is 29.2 Å². The standard InChI is InChI=1S/C43H87NS2/c1-3-5-7-9-11-13-15-17-19-21-22-23-24-25-26-28-30-32-34-36-38-40-42-44(43(45)46)41-39-37-35-33-31-29-27-20-18-16-14-12-10-8-6-4-2/h3-42H2,1-2H3,(H,45,46). The smallest absolute Gasteiger partial charge is 0.133 e. The number of rotatable bonds is 40. The van der Waals surface area contributed by atoms with Gasteiger partial charge in [0.2, 0.25) is 0 Å².